The molecule has 0 aromatic rings. The zero-order valence-corrected chi connectivity index (χ0v) is 6.77. The van der Waals surface area contributed by atoms with Gasteiger partial charge >= 0.3 is 0 Å². The smallest absolute Gasteiger partial charge is 0.111 e. The summed E-state index contributed by atoms with van der Waals surface area (Å²) in [7, 11) is 0. The van der Waals surface area contributed by atoms with Crippen LogP contribution in [0.1, 0.15) is 19.3 Å². The van der Waals surface area contributed by atoms with Gasteiger partial charge in [0.25, 0.3) is 0 Å². The van der Waals surface area contributed by atoms with E-state index in [0.29, 0.717) is 0 Å². The van der Waals surface area contributed by atoms with Gasteiger partial charge in [0.2, 0.25) is 0 Å². The highest BCUT2D eigenvalue weighted by Crippen LogP contribution is 2.35. The summed E-state index contributed by atoms with van der Waals surface area (Å²) in [6.07, 6.45) is 3.24. The third-order valence-corrected chi connectivity index (χ3v) is 3.05. The lowest BCUT2D eigenvalue weighted by molar-refractivity contribution is 0.0201. The van der Waals surface area contributed by atoms with E-state index >= 15 is 0 Å². The van der Waals surface area contributed by atoms with Crippen molar-refractivity contribution >= 4 is 0 Å². The first-order valence-electron chi connectivity index (χ1n) is 4.46. The van der Waals surface area contributed by atoms with Crippen LogP contribution in [0, 0.1) is 5.41 Å². The van der Waals surface area contributed by atoms with Crippen LogP contribution >= 0.6 is 0 Å². The topological polar surface area (TPSA) is 44.3 Å². The molecule has 0 aromatic heterocycles. The zero-order chi connectivity index (χ0) is 7.73. The summed E-state index contributed by atoms with van der Waals surface area (Å²) in [6, 6.07) is 0. The fourth-order valence-electron chi connectivity index (χ4n) is 2.25. The SMILES string of the molecule is OC1NCC[C@@]12CCCNC2. The molecule has 0 aliphatic carbocycles. The van der Waals surface area contributed by atoms with Crippen LogP contribution in [0.5, 0.6) is 0 Å². The van der Waals surface area contributed by atoms with Crippen molar-refractivity contribution in [3.63, 3.8) is 0 Å². The number of aliphatic hydroxyl groups excluding tert-OH is 1. The Labute approximate surface area is 67.2 Å². The standard InChI is InChI=1S/C8H16N2O/c11-7-8(3-5-10-7)2-1-4-9-6-8/h7,9-11H,1-6H2/t7?,8-/m1/s1. The van der Waals surface area contributed by atoms with E-state index in [-0.39, 0.29) is 11.6 Å². The maximum absolute atomic E-state index is 9.65. The molecule has 3 heteroatoms. The maximum Gasteiger partial charge on any atom is 0.111 e. The Kier molecular flexibility index (Phi) is 1.87. The van der Waals surface area contributed by atoms with Crippen LogP contribution in [-0.4, -0.2) is 31.0 Å². The molecule has 2 fully saturated rings. The summed E-state index contributed by atoms with van der Waals surface area (Å²) >= 11 is 0. The second kappa shape index (κ2) is 2.73. The Hall–Kier alpha value is -0.120. The normalized spacial score (nSPS) is 45.0. The van der Waals surface area contributed by atoms with E-state index in [1.807, 2.05) is 0 Å². The highest BCUT2D eigenvalue weighted by atomic mass is 16.3. The van der Waals surface area contributed by atoms with E-state index in [4.69, 9.17) is 0 Å². The van der Waals surface area contributed by atoms with E-state index in [0.717, 1.165) is 26.1 Å². The van der Waals surface area contributed by atoms with Gasteiger partial charge in [-0.3, -0.25) is 5.32 Å². The van der Waals surface area contributed by atoms with Crippen molar-refractivity contribution in [2.75, 3.05) is 19.6 Å². The summed E-state index contributed by atoms with van der Waals surface area (Å²) in [5.41, 5.74) is 0.165. The lowest BCUT2D eigenvalue weighted by Crippen LogP contribution is -2.47. The van der Waals surface area contributed by atoms with E-state index in [2.05, 4.69) is 10.6 Å². The first-order valence-corrected chi connectivity index (χ1v) is 4.46. The van der Waals surface area contributed by atoms with E-state index in [1.54, 1.807) is 0 Å². The monoisotopic (exact) mass is 156 g/mol. The Bertz CT molecular complexity index is 143. The average molecular weight is 156 g/mol. The number of hydrogen-bond acceptors (Lipinski definition) is 3. The molecule has 2 aliphatic rings. The molecule has 0 amide bonds. The lowest BCUT2D eigenvalue weighted by Gasteiger charge is -2.36. The molecule has 0 bridgehead atoms. The molecule has 64 valence electrons. The van der Waals surface area contributed by atoms with Crippen molar-refractivity contribution < 1.29 is 5.11 Å². The average Bonchev–Trinajstić information content (AvgIpc) is 2.36. The summed E-state index contributed by atoms with van der Waals surface area (Å²) in [4.78, 5) is 0. The molecule has 0 saturated carbocycles. The number of hydrogen-bond donors (Lipinski definition) is 3. The van der Waals surface area contributed by atoms with Crippen LogP contribution in [-0.2, 0) is 0 Å². The van der Waals surface area contributed by atoms with Gasteiger partial charge in [-0.1, -0.05) is 0 Å². The highest BCUT2D eigenvalue weighted by molar-refractivity contribution is 4.95. The van der Waals surface area contributed by atoms with Crippen molar-refractivity contribution in [1.29, 1.82) is 0 Å². The maximum atomic E-state index is 9.65. The number of rotatable bonds is 0. The molecule has 2 aliphatic heterocycles. The van der Waals surface area contributed by atoms with Gasteiger partial charge in [-0.2, -0.15) is 0 Å². The minimum absolute atomic E-state index is 0.165. The quantitative estimate of drug-likeness (QED) is 0.450. The van der Waals surface area contributed by atoms with Crippen molar-refractivity contribution in [3.8, 4) is 0 Å². The van der Waals surface area contributed by atoms with Crippen LogP contribution in [0.4, 0.5) is 0 Å². The predicted molar refractivity (Wildman–Crippen MR) is 43.2 cm³/mol. The van der Waals surface area contributed by atoms with Crippen molar-refractivity contribution in [3.05, 3.63) is 0 Å². The van der Waals surface area contributed by atoms with Crippen LogP contribution in [0.3, 0.4) is 0 Å². The molecular weight excluding hydrogens is 140 g/mol. The van der Waals surface area contributed by atoms with Gasteiger partial charge in [-0.25, -0.2) is 0 Å². The Morgan fingerprint density at radius 3 is 2.73 bits per heavy atom. The van der Waals surface area contributed by atoms with Gasteiger partial charge < -0.3 is 10.4 Å². The predicted octanol–water partition coefficient (Wildman–Crippen LogP) is -0.332. The van der Waals surface area contributed by atoms with E-state index < -0.39 is 0 Å². The Balaban J connectivity index is 2.06. The van der Waals surface area contributed by atoms with Gasteiger partial charge in [0, 0.05) is 12.0 Å². The van der Waals surface area contributed by atoms with Crippen LogP contribution in [0.15, 0.2) is 0 Å². The highest BCUT2D eigenvalue weighted by Gasteiger charge is 2.42. The summed E-state index contributed by atoms with van der Waals surface area (Å²) in [5.74, 6) is 0. The molecule has 2 saturated heterocycles. The Morgan fingerprint density at radius 2 is 2.18 bits per heavy atom. The first kappa shape index (κ1) is 7.53. The van der Waals surface area contributed by atoms with E-state index in [1.165, 1.54) is 12.8 Å². The molecule has 3 nitrogen and oxygen atoms in total. The summed E-state index contributed by atoms with van der Waals surface area (Å²) in [5, 5.41) is 16.1. The molecule has 2 atom stereocenters. The third-order valence-electron chi connectivity index (χ3n) is 3.05. The molecule has 11 heavy (non-hydrogen) atoms. The molecule has 2 rings (SSSR count). The minimum atomic E-state index is -0.268. The van der Waals surface area contributed by atoms with Gasteiger partial charge in [0.05, 0.1) is 0 Å². The lowest BCUT2D eigenvalue weighted by atomic mass is 9.79. The van der Waals surface area contributed by atoms with Gasteiger partial charge in [-0.05, 0) is 32.4 Å². The third kappa shape index (κ3) is 1.17. The van der Waals surface area contributed by atoms with Gasteiger partial charge in [0.15, 0.2) is 0 Å². The van der Waals surface area contributed by atoms with Crippen LogP contribution in [0.25, 0.3) is 0 Å². The van der Waals surface area contributed by atoms with Crippen molar-refractivity contribution in [2.45, 2.75) is 25.5 Å². The second-order valence-electron chi connectivity index (χ2n) is 3.75. The number of aliphatic hydroxyl groups is 1. The van der Waals surface area contributed by atoms with Gasteiger partial charge in [-0.15, -0.1) is 0 Å². The molecular formula is C8H16N2O. The molecule has 3 N–H and O–H groups in total. The minimum Gasteiger partial charge on any atom is -0.378 e. The summed E-state index contributed by atoms with van der Waals surface area (Å²) < 4.78 is 0. The fraction of sp³-hybridized carbons (Fsp3) is 1.00. The van der Waals surface area contributed by atoms with Crippen molar-refractivity contribution in [1.82, 2.24) is 10.6 Å². The number of piperidine rings is 1. The Morgan fingerprint density at radius 1 is 1.27 bits per heavy atom. The molecule has 0 radical (unpaired) electrons. The fourth-order valence-corrected chi connectivity index (χ4v) is 2.25. The molecule has 0 aromatic carbocycles. The van der Waals surface area contributed by atoms with Crippen molar-refractivity contribution in [2.24, 2.45) is 5.41 Å². The largest absolute Gasteiger partial charge is 0.378 e. The molecule has 2 heterocycles. The summed E-state index contributed by atoms with van der Waals surface area (Å²) in [6.45, 7) is 3.08. The number of nitrogens with one attached hydrogen (secondary N) is 2. The van der Waals surface area contributed by atoms with Gasteiger partial charge in [0.1, 0.15) is 6.23 Å². The zero-order valence-electron chi connectivity index (χ0n) is 6.77. The molecule has 1 unspecified atom stereocenters. The molecule has 1 spiro atoms. The first-order chi connectivity index (χ1) is 5.33. The van der Waals surface area contributed by atoms with Crippen LogP contribution in [0.2, 0.25) is 0 Å². The van der Waals surface area contributed by atoms with E-state index in [9.17, 15) is 5.11 Å². The van der Waals surface area contributed by atoms with Crippen LogP contribution < -0.4 is 10.6 Å². The second-order valence-corrected chi connectivity index (χ2v) is 3.75.